The predicted octanol–water partition coefficient (Wildman–Crippen LogP) is -2.30. The van der Waals surface area contributed by atoms with Gasteiger partial charge in [-0.25, -0.2) is 0 Å². The minimum absolute atomic E-state index is 0. The quantitative estimate of drug-likeness (QED) is 0.485. The van der Waals surface area contributed by atoms with Crippen molar-refractivity contribution in [3.8, 4) is 0 Å². The van der Waals surface area contributed by atoms with Crippen LogP contribution in [-0.2, 0) is 31.5 Å². The van der Waals surface area contributed by atoms with Crippen molar-refractivity contribution in [2.75, 3.05) is 0 Å². The summed E-state index contributed by atoms with van der Waals surface area (Å²) >= 11 is 0. The Hall–Kier alpha value is 0.478. The van der Waals surface area contributed by atoms with E-state index in [0.29, 0.717) is 0 Å². The van der Waals surface area contributed by atoms with Crippen LogP contribution in [0.25, 0.3) is 0 Å². The third-order valence-corrected chi connectivity index (χ3v) is 0. The summed E-state index contributed by atoms with van der Waals surface area (Å²) in [6.45, 7) is 0. The van der Waals surface area contributed by atoms with Gasteiger partial charge in [0.15, 0.2) is 0 Å². The van der Waals surface area contributed by atoms with Crippen LogP contribution in [0.2, 0.25) is 0 Å². The van der Waals surface area contributed by atoms with Crippen LogP contribution in [0, 0.1) is 0 Å². The van der Waals surface area contributed by atoms with Crippen LogP contribution in [0.5, 0.6) is 0 Å². The number of hydrogen-bond donors (Lipinski definition) is 2. The molecule has 0 saturated heterocycles. The SMILES string of the molecule is O.O.O=S(=O)(O)O.[W]. The van der Waals surface area contributed by atoms with Crippen LogP contribution in [-0.4, -0.2) is 28.5 Å². The molecule has 8 heavy (non-hydrogen) atoms. The fourth-order valence-electron chi connectivity index (χ4n) is 0. The van der Waals surface area contributed by atoms with Crippen LogP contribution in [0.15, 0.2) is 0 Å². The van der Waals surface area contributed by atoms with E-state index >= 15 is 0 Å². The Morgan fingerprint density at radius 3 is 1.00 bits per heavy atom. The Bertz CT molecular complexity index is 91.7. The summed E-state index contributed by atoms with van der Waals surface area (Å²) in [4.78, 5) is 0. The first-order valence-corrected chi connectivity index (χ1v) is 2.10. The van der Waals surface area contributed by atoms with Gasteiger partial charge in [-0.15, -0.1) is 0 Å². The predicted molar refractivity (Wildman–Crippen MR) is 21.4 cm³/mol. The second kappa shape index (κ2) is 7.48. The molecule has 0 aliphatic heterocycles. The van der Waals surface area contributed by atoms with Crippen molar-refractivity contribution >= 4 is 10.4 Å². The van der Waals surface area contributed by atoms with E-state index in [9.17, 15) is 0 Å². The van der Waals surface area contributed by atoms with Crippen molar-refractivity contribution in [2.24, 2.45) is 0 Å². The Balaban J connectivity index is -0.0000000267. The van der Waals surface area contributed by atoms with Gasteiger partial charge in [0.1, 0.15) is 0 Å². The molecular weight excluding hydrogens is 312 g/mol. The maximum absolute atomic E-state index is 8.74. The molecule has 6 N–H and O–H groups in total. The molecule has 54 valence electrons. The van der Waals surface area contributed by atoms with E-state index in [0.717, 1.165) is 0 Å². The minimum atomic E-state index is -4.67. The second-order valence-corrected chi connectivity index (χ2v) is 1.34. The van der Waals surface area contributed by atoms with Gasteiger partial charge in [-0.2, -0.15) is 8.42 Å². The topological polar surface area (TPSA) is 138 Å². The molecule has 0 heterocycles. The summed E-state index contributed by atoms with van der Waals surface area (Å²) in [6.07, 6.45) is 0. The summed E-state index contributed by atoms with van der Waals surface area (Å²) in [5, 5.41) is 0. The molecule has 0 amide bonds. The first-order valence-electron chi connectivity index (χ1n) is 0.698. The molecule has 0 bridgehead atoms. The molecule has 0 aliphatic carbocycles. The number of hydrogen-bond acceptors (Lipinski definition) is 2. The van der Waals surface area contributed by atoms with Crippen LogP contribution in [0.4, 0.5) is 0 Å². The van der Waals surface area contributed by atoms with Gasteiger partial charge in [-0.1, -0.05) is 0 Å². The molecule has 0 unspecified atom stereocenters. The van der Waals surface area contributed by atoms with Crippen molar-refractivity contribution in [1.82, 2.24) is 0 Å². The van der Waals surface area contributed by atoms with Gasteiger partial charge in [-0.05, 0) is 0 Å². The van der Waals surface area contributed by atoms with E-state index in [-0.39, 0.29) is 32.0 Å². The smallest absolute Gasteiger partial charge is 0.394 e. The van der Waals surface area contributed by atoms with Crippen molar-refractivity contribution in [1.29, 1.82) is 0 Å². The van der Waals surface area contributed by atoms with Crippen LogP contribution in [0.1, 0.15) is 0 Å². The summed E-state index contributed by atoms with van der Waals surface area (Å²) in [6, 6.07) is 0. The average Bonchev–Trinajstić information content (AvgIpc) is 0.722. The average molecular weight is 318 g/mol. The van der Waals surface area contributed by atoms with Crippen LogP contribution >= 0.6 is 0 Å². The second-order valence-electron chi connectivity index (χ2n) is 0.448. The Labute approximate surface area is 60.4 Å². The van der Waals surface area contributed by atoms with E-state index in [1.165, 1.54) is 0 Å². The molecule has 0 aliphatic rings. The first kappa shape index (κ1) is 23.6. The molecule has 8 heteroatoms. The summed E-state index contributed by atoms with van der Waals surface area (Å²) in [7, 11) is -4.67. The minimum Gasteiger partial charge on any atom is -0.412 e. The maximum Gasteiger partial charge on any atom is 0.394 e. The van der Waals surface area contributed by atoms with E-state index in [2.05, 4.69) is 0 Å². The first-order chi connectivity index (χ1) is 2.00. The monoisotopic (exact) mass is 318 g/mol. The molecule has 0 atom stereocenters. The standard InChI is InChI=1S/H2O4S.2H2O.W/c1-5(2,3)4;;;/h(H2,1,2,3,4);2*1H2;. The van der Waals surface area contributed by atoms with Crippen molar-refractivity contribution < 1.29 is 49.5 Å². The van der Waals surface area contributed by atoms with Crippen molar-refractivity contribution in [3.63, 3.8) is 0 Å². The Morgan fingerprint density at radius 1 is 1.00 bits per heavy atom. The van der Waals surface area contributed by atoms with E-state index in [4.69, 9.17) is 17.5 Å². The van der Waals surface area contributed by atoms with Gasteiger partial charge in [-0.3, -0.25) is 9.11 Å². The largest absolute Gasteiger partial charge is 0.412 e. The van der Waals surface area contributed by atoms with Crippen LogP contribution < -0.4 is 0 Å². The van der Waals surface area contributed by atoms with Gasteiger partial charge in [0.2, 0.25) is 0 Å². The molecule has 0 radical (unpaired) electrons. The maximum atomic E-state index is 8.74. The molecule has 0 aromatic carbocycles. The number of rotatable bonds is 0. The van der Waals surface area contributed by atoms with Gasteiger partial charge >= 0.3 is 10.4 Å². The normalized spacial score (nSPS) is 7.25. The molecule has 0 spiro atoms. The van der Waals surface area contributed by atoms with Gasteiger partial charge in [0.25, 0.3) is 0 Å². The zero-order valence-electron chi connectivity index (χ0n) is 3.53. The summed E-state index contributed by atoms with van der Waals surface area (Å²) in [5.74, 6) is 0. The Kier molecular flexibility index (Phi) is 22.1. The molecule has 0 aromatic rings. The third kappa shape index (κ3) is 850. The molecule has 6 nitrogen and oxygen atoms in total. The fourth-order valence-corrected chi connectivity index (χ4v) is 0. The summed E-state index contributed by atoms with van der Waals surface area (Å²) < 4.78 is 31.6. The van der Waals surface area contributed by atoms with Gasteiger partial charge < -0.3 is 11.0 Å². The third-order valence-electron chi connectivity index (χ3n) is 0. The zero-order chi connectivity index (χ0) is 4.50. The van der Waals surface area contributed by atoms with E-state index in [1.54, 1.807) is 0 Å². The zero-order valence-corrected chi connectivity index (χ0v) is 7.28. The van der Waals surface area contributed by atoms with Crippen molar-refractivity contribution in [3.05, 3.63) is 0 Å². The Morgan fingerprint density at radius 2 is 1.00 bits per heavy atom. The van der Waals surface area contributed by atoms with E-state index < -0.39 is 10.4 Å². The van der Waals surface area contributed by atoms with Gasteiger partial charge in [0, 0.05) is 21.1 Å². The molecular formula is H6O6SW. The molecule has 0 rings (SSSR count). The molecule has 0 fully saturated rings. The van der Waals surface area contributed by atoms with Crippen LogP contribution in [0.3, 0.4) is 0 Å². The van der Waals surface area contributed by atoms with Gasteiger partial charge in [0.05, 0.1) is 0 Å². The van der Waals surface area contributed by atoms with Crippen molar-refractivity contribution in [2.45, 2.75) is 0 Å². The molecule has 0 aromatic heterocycles. The van der Waals surface area contributed by atoms with E-state index in [1.807, 2.05) is 0 Å². The fraction of sp³-hybridized carbons (Fsp3) is 0. The molecule has 0 saturated carbocycles. The summed E-state index contributed by atoms with van der Waals surface area (Å²) in [5.41, 5.74) is 0.